The van der Waals surface area contributed by atoms with Gasteiger partial charge in [0.05, 0.1) is 21.4 Å². The Morgan fingerprint density at radius 3 is 2.64 bits per heavy atom. The Morgan fingerprint density at radius 2 is 2.05 bits per heavy atom. The van der Waals surface area contributed by atoms with E-state index in [9.17, 15) is 9.59 Å². The van der Waals surface area contributed by atoms with Crippen molar-refractivity contribution in [3.63, 3.8) is 0 Å². The predicted molar refractivity (Wildman–Crippen MR) is 87.0 cm³/mol. The maximum Gasteiger partial charge on any atom is 0.350 e. The fourth-order valence-electron chi connectivity index (χ4n) is 1.69. The van der Waals surface area contributed by atoms with Crippen molar-refractivity contribution in [3.8, 4) is 0 Å². The molecule has 1 aromatic carbocycles. The Bertz CT molecular complexity index is 731. The van der Waals surface area contributed by atoms with Gasteiger partial charge in [-0.1, -0.05) is 23.2 Å². The van der Waals surface area contributed by atoms with Gasteiger partial charge < -0.3 is 10.1 Å². The Hall–Kier alpha value is -1.63. The number of carbonyl (C=O) groups excluding carboxylic acids is 2. The Morgan fingerprint density at radius 1 is 1.32 bits per heavy atom. The fraction of sp³-hybridized carbons (Fsp3) is 0.214. The third-order valence-electron chi connectivity index (χ3n) is 2.63. The third kappa shape index (κ3) is 4.19. The summed E-state index contributed by atoms with van der Waals surface area (Å²) in [6, 6.07) is 4.67. The topological polar surface area (TPSA) is 68.3 Å². The van der Waals surface area contributed by atoms with Crippen LogP contribution in [-0.4, -0.2) is 23.5 Å². The number of amides is 1. The highest BCUT2D eigenvalue weighted by Gasteiger charge is 2.17. The molecule has 0 unspecified atom stereocenters. The van der Waals surface area contributed by atoms with Gasteiger partial charge in [-0.05, 0) is 32.0 Å². The maximum atomic E-state index is 11.9. The van der Waals surface area contributed by atoms with E-state index in [1.807, 2.05) is 0 Å². The molecule has 1 aromatic heterocycles. The molecule has 0 bridgehead atoms. The molecule has 2 aromatic rings. The summed E-state index contributed by atoms with van der Waals surface area (Å²) in [6.07, 6.45) is 0. The number of esters is 1. The molecule has 0 radical (unpaired) electrons. The number of halogens is 2. The Balaban J connectivity index is 1.92. The standard InChI is InChI=1S/C14H12Cl2N2O3S/c1-7-13(22-8(2)17-7)14(20)21-6-12(19)18-11-4-3-9(15)5-10(11)16/h3-5H,6H2,1-2H3,(H,18,19). The fourth-order valence-corrected chi connectivity index (χ4v) is 2.96. The van der Waals surface area contributed by atoms with E-state index in [-0.39, 0.29) is 0 Å². The number of nitrogens with one attached hydrogen (secondary N) is 1. The van der Waals surface area contributed by atoms with Crippen LogP contribution in [0.15, 0.2) is 18.2 Å². The van der Waals surface area contributed by atoms with Crippen LogP contribution in [0.25, 0.3) is 0 Å². The smallest absolute Gasteiger partial charge is 0.350 e. The molecule has 116 valence electrons. The third-order valence-corrected chi connectivity index (χ3v) is 4.23. The van der Waals surface area contributed by atoms with Crippen molar-refractivity contribution >= 4 is 52.1 Å². The van der Waals surface area contributed by atoms with Gasteiger partial charge in [0.1, 0.15) is 4.88 Å². The van der Waals surface area contributed by atoms with Gasteiger partial charge in [-0.25, -0.2) is 9.78 Å². The van der Waals surface area contributed by atoms with E-state index in [0.717, 1.165) is 5.01 Å². The van der Waals surface area contributed by atoms with E-state index < -0.39 is 18.5 Å². The van der Waals surface area contributed by atoms with Crippen LogP contribution >= 0.6 is 34.5 Å². The highest BCUT2D eigenvalue weighted by Crippen LogP contribution is 2.25. The van der Waals surface area contributed by atoms with E-state index >= 15 is 0 Å². The second kappa shape index (κ2) is 7.09. The van der Waals surface area contributed by atoms with Crippen LogP contribution < -0.4 is 5.32 Å². The number of hydrogen-bond acceptors (Lipinski definition) is 5. The summed E-state index contributed by atoms with van der Waals surface area (Å²) < 4.78 is 4.97. The van der Waals surface area contributed by atoms with Gasteiger partial charge in [-0.3, -0.25) is 4.79 Å². The number of aromatic nitrogens is 1. The molecule has 0 aliphatic heterocycles. The number of nitrogens with zero attached hydrogens (tertiary/aromatic N) is 1. The Kier molecular flexibility index (Phi) is 5.39. The zero-order valence-corrected chi connectivity index (χ0v) is 14.1. The van der Waals surface area contributed by atoms with Crippen molar-refractivity contribution in [1.29, 1.82) is 0 Å². The average Bonchev–Trinajstić information content (AvgIpc) is 2.78. The number of benzene rings is 1. The summed E-state index contributed by atoms with van der Waals surface area (Å²) in [5.41, 5.74) is 0.991. The largest absolute Gasteiger partial charge is 0.451 e. The molecule has 0 spiro atoms. The zero-order chi connectivity index (χ0) is 16.3. The first-order chi connectivity index (χ1) is 10.4. The molecule has 0 saturated carbocycles. The second-order valence-electron chi connectivity index (χ2n) is 4.40. The van der Waals surface area contributed by atoms with Crippen molar-refractivity contribution in [1.82, 2.24) is 4.98 Å². The van der Waals surface area contributed by atoms with Crippen molar-refractivity contribution < 1.29 is 14.3 Å². The summed E-state index contributed by atoms with van der Waals surface area (Å²) in [6.45, 7) is 3.10. The van der Waals surface area contributed by atoms with Crippen molar-refractivity contribution in [3.05, 3.63) is 43.8 Å². The first kappa shape index (κ1) is 16.7. The molecule has 0 aliphatic carbocycles. The predicted octanol–water partition coefficient (Wildman–Crippen LogP) is 3.86. The minimum atomic E-state index is -0.569. The summed E-state index contributed by atoms with van der Waals surface area (Å²) >= 11 is 12.9. The summed E-state index contributed by atoms with van der Waals surface area (Å²) in [5.74, 6) is -1.06. The molecule has 2 rings (SSSR count). The molecule has 0 aliphatic rings. The van der Waals surface area contributed by atoms with E-state index in [1.54, 1.807) is 26.0 Å². The number of anilines is 1. The molecular weight excluding hydrogens is 347 g/mol. The Labute approximate surface area is 141 Å². The van der Waals surface area contributed by atoms with Crippen LogP contribution in [0.1, 0.15) is 20.4 Å². The second-order valence-corrected chi connectivity index (χ2v) is 6.44. The number of thiazole rings is 1. The molecule has 5 nitrogen and oxygen atoms in total. The molecule has 22 heavy (non-hydrogen) atoms. The van der Waals surface area contributed by atoms with E-state index in [2.05, 4.69) is 10.3 Å². The van der Waals surface area contributed by atoms with Crippen LogP contribution in [0.4, 0.5) is 5.69 Å². The number of hydrogen-bond donors (Lipinski definition) is 1. The van der Waals surface area contributed by atoms with Gasteiger partial charge in [0.15, 0.2) is 6.61 Å². The first-order valence-electron chi connectivity index (χ1n) is 6.23. The van der Waals surface area contributed by atoms with E-state index in [4.69, 9.17) is 27.9 Å². The first-order valence-corrected chi connectivity index (χ1v) is 7.80. The molecule has 0 atom stereocenters. The number of aryl methyl sites for hydroxylation is 2. The van der Waals surface area contributed by atoms with Gasteiger partial charge in [0, 0.05) is 5.02 Å². The highest BCUT2D eigenvalue weighted by molar-refractivity contribution is 7.13. The van der Waals surface area contributed by atoms with Crippen LogP contribution in [-0.2, 0) is 9.53 Å². The van der Waals surface area contributed by atoms with Crippen LogP contribution in [0.5, 0.6) is 0 Å². The lowest BCUT2D eigenvalue weighted by atomic mass is 10.3. The van der Waals surface area contributed by atoms with Gasteiger partial charge in [-0.15, -0.1) is 11.3 Å². The average molecular weight is 359 g/mol. The monoisotopic (exact) mass is 358 g/mol. The molecule has 1 N–H and O–H groups in total. The summed E-state index contributed by atoms with van der Waals surface area (Å²) in [4.78, 5) is 28.2. The maximum absolute atomic E-state index is 11.9. The van der Waals surface area contributed by atoms with Gasteiger partial charge in [0.2, 0.25) is 0 Å². The number of ether oxygens (including phenoxy) is 1. The SMILES string of the molecule is Cc1nc(C)c(C(=O)OCC(=O)Nc2ccc(Cl)cc2Cl)s1. The van der Waals surface area contributed by atoms with Crippen molar-refractivity contribution in [2.45, 2.75) is 13.8 Å². The van der Waals surface area contributed by atoms with Crippen molar-refractivity contribution in [2.24, 2.45) is 0 Å². The van der Waals surface area contributed by atoms with E-state index in [0.29, 0.717) is 26.3 Å². The number of carbonyl (C=O) groups is 2. The van der Waals surface area contributed by atoms with Gasteiger partial charge >= 0.3 is 5.97 Å². The lowest BCUT2D eigenvalue weighted by Crippen LogP contribution is -2.21. The van der Waals surface area contributed by atoms with Crippen LogP contribution in [0.3, 0.4) is 0 Å². The molecule has 0 saturated heterocycles. The minimum Gasteiger partial charge on any atom is -0.451 e. The van der Waals surface area contributed by atoms with Crippen LogP contribution in [0.2, 0.25) is 10.0 Å². The van der Waals surface area contributed by atoms with E-state index in [1.165, 1.54) is 17.4 Å². The summed E-state index contributed by atoms with van der Waals surface area (Å²) in [5, 5.41) is 4.08. The normalized spacial score (nSPS) is 10.4. The molecule has 1 heterocycles. The van der Waals surface area contributed by atoms with Gasteiger partial charge in [-0.2, -0.15) is 0 Å². The van der Waals surface area contributed by atoms with Crippen LogP contribution in [0, 0.1) is 13.8 Å². The molecule has 1 amide bonds. The lowest BCUT2D eigenvalue weighted by Gasteiger charge is -2.08. The minimum absolute atomic E-state index is 0.307. The molecular formula is C14H12Cl2N2O3S. The van der Waals surface area contributed by atoms with Crippen molar-refractivity contribution in [2.75, 3.05) is 11.9 Å². The lowest BCUT2D eigenvalue weighted by molar-refractivity contribution is -0.119. The highest BCUT2D eigenvalue weighted by atomic mass is 35.5. The molecule has 8 heteroatoms. The number of rotatable bonds is 4. The quantitative estimate of drug-likeness (QED) is 0.842. The molecule has 0 fully saturated rings. The summed E-state index contributed by atoms with van der Waals surface area (Å²) in [7, 11) is 0. The van der Waals surface area contributed by atoms with Gasteiger partial charge in [0.25, 0.3) is 5.91 Å². The zero-order valence-electron chi connectivity index (χ0n) is 11.8.